The molecule has 2 aromatic rings. The summed E-state index contributed by atoms with van der Waals surface area (Å²) in [5, 5.41) is 10.9. The van der Waals surface area contributed by atoms with Crippen LogP contribution in [-0.2, 0) is 11.8 Å². The van der Waals surface area contributed by atoms with Crippen LogP contribution in [-0.4, -0.2) is 76.9 Å². The first kappa shape index (κ1) is 21.5. The molecule has 4 atom stereocenters. The van der Waals surface area contributed by atoms with E-state index in [1.54, 1.807) is 0 Å². The fourth-order valence-electron chi connectivity index (χ4n) is 5.61. The molecule has 6 heterocycles. The van der Waals surface area contributed by atoms with Gasteiger partial charge in [-0.1, -0.05) is 0 Å². The molecule has 1 amide bonds. The first-order chi connectivity index (χ1) is 16.0. The van der Waals surface area contributed by atoms with E-state index < -0.39 is 0 Å². The molecule has 0 aromatic carbocycles. The van der Waals surface area contributed by atoms with Gasteiger partial charge in [-0.25, -0.2) is 10.4 Å². The zero-order chi connectivity index (χ0) is 22.5. The smallest absolute Gasteiger partial charge is 0.234 e. The van der Waals surface area contributed by atoms with Gasteiger partial charge in [0.2, 0.25) is 5.91 Å². The van der Waals surface area contributed by atoms with Crippen molar-refractivity contribution in [2.45, 2.75) is 30.6 Å². The van der Waals surface area contributed by atoms with Gasteiger partial charge in [0.05, 0.1) is 29.0 Å². The lowest BCUT2D eigenvalue weighted by molar-refractivity contribution is -0.125. The molecule has 176 valence electrons. The second kappa shape index (κ2) is 8.62. The molecular weight excluding hydrogens is 486 g/mol. The zero-order valence-corrected chi connectivity index (χ0v) is 20.3. The van der Waals surface area contributed by atoms with Gasteiger partial charge in [-0.3, -0.25) is 19.8 Å². The van der Waals surface area contributed by atoms with Crippen LogP contribution in [0.3, 0.4) is 0 Å². The lowest BCUT2D eigenvalue weighted by Gasteiger charge is -2.47. The Kier molecular flexibility index (Phi) is 5.61. The quantitative estimate of drug-likeness (QED) is 0.453. The monoisotopic (exact) mass is 515 g/mol. The summed E-state index contributed by atoms with van der Waals surface area (Å²) in [5.74, 6) is 1.56. The number of hydrazine groups is 1. The minimum absolute atomic E-state index is 0.127. The number of aromatic nitrogens is 3. The maximum atomic E-state index is 11.7. The summed E-state index contributed by atoms with van der Waals surface area (Å²) in [4.78, 5) is 21.4. The Labute approximate surface area is 201 Å². The summed E-state index contributed by atoms with van der Waals surface area (Å²) in [7, 11) is 1.96. The summed E-state index contributed by atoms with van der Waals surface area (Å²) in [5.41, 5.74) is 9.32. The molecule has 6 rings (SSSR count). The van der Waals surface area contributed by atoms with Crippen LogP contribution in [0.4, 0.5) is 5.82 Å². The molecule has 4 aliphatic heterocycles. The average molecular weight is 516 g/mol. The molecule has 0 saturated carbocycles. The molecule has 0 bridgehead atoms. The molecule has 0 spiro atoms. The number of anilines is 1. The second-order valence-electron chi connectivity index (χ2n) is 9.60. The Morgan fingerprint density at radius 2 is 2.09 bits per heavy atom. The molecule has 11 heteroatoms. The van der Waals surface area contributed by atoms with Gasteiger partial charge >= 0.3 is 0 Å². The Morgan fingerprint density at radius 1 is 1.21 bits per heavy atom. The number of hydrogen-bond acceptors (Lipinski definition) is 8. The Balaban J connectivity index is 1.16. The van der Waals surface area contributed by atoms with Gasteiger partial charge < -0.3 is 15.5 Å². The third-order valence-electron chi connectivity index (χ3n) is 7.50. The van der Waals surface area contributed by atoms with Crippen LogP contribution in [0.15, 0.2) is 29.0 Å². The summed E-state index contributed by atoms with van der Waals surface area (Å²) in [6.45, 7) is 4.88. The molecular formula is C22H30BrN9O. The molecule has 4 aliphatic rings. The molecule has 10 nitrogen and oxygen atoms in total. The molecule has 4 N–H and O–H groups in total. The SMILES string of the molecule is Cn1cc(C2CC3C(CN2)NNC3c2ccc(Br)c(N3CC(N4CCNC(=O)C4)C3)n2)cn1. The number of carbonyl (C=O) groups excluding carboxylic acids is 1. The largest absolute Gasteiger partial charge is 0.354 e. The first-order valence-electron chi connectivity index (χ1n) is 11.7. The minimum Gasteiger partial charge on any atom is -0.354 e. The third-order valence-corrected chi connectivity index (χ3v) is 8.12. The maximum absolute atomic E-state index is 11.7. The number of nitrogens with zero attached hydrogens (tertiary/aromatic N) is 5. The van der Waals surface area contributed by atoms with E-state index in [1.165, 1.54) is 5.56 Å². The van der Waals surface area contributed by atoms with Gasteiger partial charge in [-0.2, -0.15) is 5.10 Å². The fourth-order valence-corrected chi connectivity index (χ4v) is 6.08. The van der Waals surface area contributed by atoms with Gasteiger partial charge in [0.1, 0.15) is 5.82 Å². The van der Waals surface area contributed by atoms with E-state index >= 15 is 0 Å². The Morgan fingerprint density at radius 3 is 2.88 bits per heavy atom. The van der Waals surface area contributed by atoms with Gasteiger partial charge in [0, 0.05) is 75.6 Å². The highest BCUT2D eigenvalue weighted by atomic mass is 79.9. The van der Waals surface area contributed by atoms with Gasteiger partial charge in [-0.15, -0.1) is 0 Å². The zero-order valence-electron chi connectivity index (χ0n) is 18.7. The van der Waals surface area contributed by atoms with Crippen LogP contribution >= 0.6 is 15.9 Å². The van der Waals surface area contributed by atoms with E-state index in [4.69, 9.17) is 4.98 Å². The number of rotatable bonds is 4. The van der Waals surface area contributed by atoms with E-state index in [-0.39, 0.29) is 11.9 Å². The van der Waals surface area contributed by atoms with Crippen molar-refractivity contribution in [2.75, 3.05) is 44.2 Å². The number of nitrogens with one attached hydrogen (secondary N) is 4. The maximum Gasteiger partial charge on any atom is 0.234 e. The summed E-state index contributed by atoms with van der Waals surface area (Å²) in [6.07, 6.45) is 5.09. The number of carbonyl (C=O) groups is 1. The van der Waals surface area contributed by atoms with Gasteiger partial charge in [-0.05, 0) is 34.5 Å². The van der Waals surface area contributed by atoms with Gasteiger partial charge in [0.15, 0.2) is 0 Å². The minimum atomic E-state index is 0.127. The molecule has 0 aliphatic carbocycles. The number of piperazine rings is 1. The van der Waals surface area contributed by atoms with Crippen molar-refractivity contribution in [3.05, 3.63) is 40.3 Å². The van der Waals surface area contributed by atoms with Crippen LogP contribution in [0.1, 0.15) is 29.8 Å². The Bertz CT molecular complexity index is 1040. The van der Waals surface area contributed by atoms with Crippen molar-refractivity contribution in [1.29, 1.82) is 0 Å². The van der Waals surface area contributed by atoms with E-state index in [0.717, 1.165) is 55.1 Å². The first-order valence-corrected chi connectivity index (χ1v) is 12.5. The molecule has 4 fully saturated rings. The van der Waals surface area contributed by atoms with E-state index in [0.29, 0.717) is 30.6 Å². The third kappa shape index (κ3) is 4.06. The number of amides is 1. The topological polar surface area (TPSA) is 102 Å². The van der Waals surface area contributed by atoms with Crippen molar-refractivity contribution in [3.63, 3.8) is 0 Å². The van der Waals surface area contributed by atoms with Crippen LogP contribution in [0.5, 0.6) is 0 Å². The lowest BCUT2D eigenvalue weighted by Crippen LogP contribution is -2.64. The molecule has 33 heavy (non-hydrogen) atoms. The van der Waals surface area contributed by atoms with Crippen molar-refractivity contribution < 1.29 is 4.79 Å². The normalized spacial score (nSPS) is 30.7. The Hall–Kier alpha value is -2.05. The number of hydrogen-bond donors (Lipinski definition) is 4. The summed E-state index contributed by atoms with van der Waals surface area (Å²) < 4.78 is 2.88. The number of halogens is 1. The van der Waals surface area contributed by atoms with Crippen LogP contribution in [0, 0.1) is 5.92 Å². The van der Waals surface area contributed by atoms with Crippen molar-refractivity contribution >= 4 is 27.7 Å². The van der Waals surface area contributed by atoms with Crippen LogP contribution in [0.2, 0.25) is 0 Å². The van der Waals surface area contributed by atoms with E-state index in [9.17, 15) is 4.79 Å². The van der Waals surface area contributed by atoms with Crippen molar-refractivity contribution in [2.24, 2.45) is 13.0 Å². The summed E-state index contributed by atoms with van der Waals surface area (Å²) >= 11 is 3.71. The average Bonchev–Trinajstić information content (AvgIpc) is 3.40. The standard InChI is InChI=1S/C22H30BrN9O/c1-30-9-13(7-26-30)18-6-15-19(8-25-18)28-29-21(15)17-3-2-16(23)22(27-17)32-10-14(11-32)31-5-4-24-20(33)12-31/h2-3,7,9,14-15,18-19,21,25,28-29H,4-6,8,10-12H2,1H3,(H,24,33). The van der Waals surface area contributed by atoms with Crippen molar-refractivity contribution in [3.8, 4) is 0 Å². The second-order valence-corrected chi connectivity index (χ2v) is 10.5. The summed E-state index contributed by atoms with van der Waals surface area (Å²) in [6, 6.07) is 5.49. The van der Waals surface area contributed by atoms with E-state index in [2.05, 4.69) is 70.6 Å². The molecule has 4 saturated heterocycles. The highest BCUT2D eigenvalue weighted by Crippen LogP contribution is 2.39. The number of pyridine rings is 1. The highest BCUT2D eigenvalue weighted by Gasteiger charge is 2.43. The molecule has 2 aromatic heterocycles. The van der Waals surface area contributed by atoms with Crippen LogP contribution < -0.4 is 26.4 Å². The highest BCUT2D eigenvalue weighted by molar-refractivity contribution is 9.10. The predicted molar refractivity (Wildman–Crippen MR) is 127 cm³/mol. The van der Waals surface area contributed by atoms with Gasteiger partial charge in [0.25, 0.3) is 0 Å². The van der Waals surface area contributed by atoms with Crippen molar-refractivity contribution in [1.82, 2.24) is 41.1 Å². The lowest BCUT2D eigenvalue weighted by atomic mass is 9.82. The van der Waals surface area contributed by atoms with E-state index in [1.807, 2.05) is 17.9 Å². The number of aryl methyl sites for hydroxylation is 1. The predicted octanol–water partition coefficient (Wildman–Crippen LogP) is 0.0663. The fraction of sp³-hybridized carbons (Fsp3) is 0.591. The number of fused-ring (bicyclic) bond motifs is 1. The molecule has 4 unspecified atom stereocenters. The molecule has 0 radical (unpaired) electrons. The van der Waals surface area contributed by atoms with Crippen LogP contribution in [0.25, 0.3) is 0 Å². The number of piperidine rings is 1.